The van der Waals surface area contributed by atoms with Gasteiger partial charge in [-0.15, -0.1) is 0 Å². The maximum atomic E-state index is 5.55. The number of hydrogen-bond donors (Lipinski definition) is 1. The van der Waals surface area contributed by atoms with E-state index in [4.69, 9.17) is 4.74 Å². The quantitative estimate of drug-likeness (QED) is 0.580. The van der Waals surface area contributed by atoms with E-state index in [1.54, 1.807) is 18.9 Å². The molecule has 0 atom stereocenters. The second-order valence-corrected chi connectivity index (χ2v) is 12.7. The molecule has 112 valence electrons. The van der Waals surface area contributed by atoms with E-state index in [9.17, 15) is 0 Å². The molecule has 0 radical (unpaired) electrons. The number of aromatic amines is 1. The molecule has 1 N–H and O–H groups in total. The van der Waals surface area contributed by atoms with Crippen LogP contribution in [0.5, 0.6) is 0 Å². The van der Waals surface area contributed by atoms with Crippen molar-refractivity contribution in [2.45, 2.75) is 32.4 Å². The normalized spacial score (nSPS) is 11.1. The maximum absolute atomic E-state index is 5.55. The van der Waals surface area contributed by atoms with Gasteiger partial charge in [0.05, 0.1) is 18.9 Å². The van der Waals surface area contributed by atoms with E-state index in [0.29, 0.717) is 6.73 Å². The summed E-state index contributed by atoms with van der Waals surface area (Å²) in [6, 6.07) is 1.21. The Bertz CT molecular complexity index is 482. The van der Waals surface area contributed by atoms with E-state index in [2.05, 4.69) is 66.5 Å². The van der Waals surface area contributed by atoms with Crippen molar-refractivity contribution in [3.63, 3.8) is 0 Å². The third-order valence-electron chi connectivity index (χ3n) is 2.30. The minimum absolute atomic E-state index is 0.600. The molecule has 0 fully saturated rings. The molecular weight excluding hydrogens is 404 g/mol. The summed E-state index contributed by atoms with van der Waals surface area (Å²) in [4.78, 5) is 10.6. The van der Waals surface area contributed by atoms with Crippen LogP contribution in [-0.2, 0) is 11.5 Å². The fourth-order valence-corrected chi connectivity index (χ4v) is 2.52. The van der Waals surface area contributed by atoms with Crippen molar-refractivity contribution in [1.82, 2.24) is 19.5 Å². The van der Waals surface area contributed by atoms with E-state index in [-0.39, 0.29) is 0 Å². The van der Waals surface area contributed by atoms with Crippen LogP contribution in [0.3, 0.4) is 0 Å². The summed E-state index contributed by atoms with van der Waals surface area (Å²) < 4.78 is 9.24. The van der Waals surface area contributed by atoms with E-state index < -0.39 is 8.07 Å². The fourth-order valence-electron chi connectivity index (χ4n) is 1.19. The number of H-pyrrole nitrogens is 1. The van der Waals surface area contributed by atoms with Crippen molar-refractivity contribution in [1.29, 1.82) is 0 Å². The van der Waals surface area contributed by atoms with Gasteiger partial charge in [0.1, 0.15) is 15.9 Å². The highest BCUT2D eigenvalue weighted by atomic mass is 79.9. The van der Waals surface area contributed by atoms with Gasteiger partial charge in [0, 0.05) is 20.9 Å². The lowest BCUT2D eigenvalue weighted by atomic mass is 10.8. The van der Waals surface area contributed by atoms with Gasteiger partial charge in [0.15, 0.2) is 0 Å². The number of hydrogen-bond acceptors (Lipinski definition) is 3. The Morgan fingerprint density at radius 3 is 2.50 bits per heavy atom. The zero-order valence-electron chi connectivity index (χ0n) is 11.9. The Hall–Kier alpha value is -0.443. The zero-order valence-corrected chi connectivity index (χ0v) is 16.1. The van der Waals surface area contributed by atoms with Gasteiger partial charge in [-0.25, -0.2) is 9.97 Å². The molecule has 2 rings (SSSR count). The summed E-state index contributed by atoms with van der Waals surface area (Å²) in [6.45, 7) is 8.51. The first-order chi connectivity index (χ1) is 9.37. The highest BCUT2D eigenvalue weighted by Crippen LogP contribution is 2.08. The van der Waals surface area contributed by atoms with Gasteiger partial charge >= 0.3 is 0 Å². The predicted octanol–water partition coefficient (Wildman–Crippen LogP) is 4.13. The van der Waals surface area contributed by atoms with Crippen LogP contribution in [-0.4, -0.2) is 34.2 Å². The lowest BCUT2D eigenvalue weighted by molar-refractivity contribution is 0.0871. The number of rotatable bonds is 5. The molecule has 0 spiro atoms. The van der Waals surface area contributed by atoms with Crippen molar-refractivity contribution in [3.8, 4) is 0 Å². The Morgan fingerprint density at radius 2 is 2.10 bits per heavy atom. The Balaban J connectivity index is 0.000000276. The highest BCUT2D eigenvalue weighted by Gasteiger charge is 2.11. The van der Waals surface area contributed by atoms with E-state index in [1.165, 1.54) is 6.04 Å². The molecule has 0 saturated carbocycles. The van der Waals surface area contributed by atoms with E-state index in [1.807, 2.05) is 10.8 Å². The van der Waals surface area contributed by atoms with Crippen LogP contribution in [0, 0.1) is 0 Å². The number of nitrogens with one attached hydrogen (secondary N) is 1. The van der Waals surface area contributed by atoms with Gasteiger partial charge in [-0.1, -0.05) is 19.6 Å². The minimum atomic E-state index is -0.949. The third-order valence-corrected chi connectivity index (χ3v) is 4.85. The van der Waals surface area contributed by atoms with Crippen LogP contribution < -0.4 is 0 Å². The van der Waals surface area contributed by atoms with Gasteiger partial charge in [0.2, 0.25) is 0 Å². The van der Waals surface area contributed by atoms with Crippen LogP contribution in [0.1, 0.15) is 0 Å². The summed E-state index contributed by atoms with van der Waals surface area (Å²) in [7, 11) is -0.949. The average molecular weight is 424 g/mol. The molecule has 0 aliphatic heterocycles. The Kier molecular flexibility index (Phi) is 7.71. The molecule has 20 heavy (non-hydrogen) atoms. The number of halogens is 2. The van der Waals surface area contributed by atoms with Crippen LogP contribution >= 0.6 is 31.9 Å². The van der Waals surface area contributed by atoms with E-state index >= 15 is 0 Å². The standard InChI is InChI=1S/C9H17BrN2OSi.C3H3BrN2/c1-14(2,3)5-4-13-8-12-6-9(10)11-7-12;4-3-1-5-2-6-3/h6-7H,4-5,8H2,1-3H3;1-2H,(H,5,6). The van der Waals surface area contributed by atoms with Crippen molar-refractivity contribution in [3.05, 3.63) is 34.3 Å². The first-order valence-electron chi connectivity index (χ1n) is 6.26. The topological polar surface area (TPSA) is 55.7 Å². The molecule has 0 unspecified atom stereocenters. The van der Waals surface area contributed by atoms with Crippen LogP contribution in [0.4, 0.5) is 0 Å². The molecule has 0 amide bonds. The maximum Gasteiger partial charge on any atom is 0.124 e. The number of aromatic nitrogens is 4. The predicted molar refractivity (Wildman–Crippen MR) is 90.3 cm³/mol. The van der Waals surface area contributed by atoms with Crippen LogP contribution in [0.15, 0.2) is 34.3 Å². The van der Waals surface area contributed by atoms with Crippen molar-refractivity contribution >= 4 is 39.9 Å². The summed E-state index contributed by atoms with van der Waals surface area (Å²) in [5, 5.41) is 0. The largest absolute Gasteiger partial charge is 0.361 e. The average Bonchev–Trinajstić information content (AvgIpc) is 2.96. The molecular formula is C12H20Br2N4OSi. The van der Waals surface area contributed by atoms with Gasteiger partial charge in [-0.2, -0.15) is 0 Å². The van der Waals surface area contributed by atoms with Crippen molar-refractivity contribution in [2.75, 3.05) is 6.61 Å². The molecule has 0 bridgehead atoms. The van der Waals surface area contributed by atoms with Crippen molar-refractivity contribution in [2.24, 2.45) is 0 Å². The Morgan fingerprint density at radius 1 is 1.35 bits per heavy atom. The van der Waals surface area contributed by atoms with Crippen LogP contribution in [0.2, 0.25) is 25.7 Å². The first kappa shape index (κ1) is 17.6. The van der Waals surface area contributed by atoms with Gasteiger partial charge in [-0.3, -0.25) is 0 Å². The minimum Gasteiger partial charge on any atom is -0.361 e. The molecule has 0 aliphatic rings. The monoisotopic (exact) mass is 422 g/mol. The highest BCUT2D eigenvalue weighted by molar-refractivity contribution is 9.10. The smallest absolute Gasteiger partial charge is 0.124 e. The fraction of sp³-hybridized carbons (Fsp3) is 0.500. The zero-order chi connectivity index (χ0) is 15.0. The lowest BCUT2D eigenvalue weighted by Gasteiger charge is -2.15. The molecule has 0 aliphatic carbocycles. The van der Waals surface area contributed by atoms with Gasteiger partial charge < -0.3 is 14.3 Å². The van der Waals surface area contributed by atoms with Gasteiger partial charge in [-0.05, 0) is 37.9 Å². The molecule has 8 heteroatoms. The third kappa shape index (κ3) is 8.67. The molecule has 0 saturated heterocycles. The number of ether oxygens (including phenoxy) is 1. The summed E-state index contributed by atoms with van der Waals surface area (Å²) >= 11 is 6.46. The summed E-state index contributed by atoms with van der Waals surface area (Å²) in [5.41, 5.74) is 0. The lowest BCUT2D eigenvalue weighted by Crippen LogP contribution is -2.21. The summed E-state index contributed by atoms with van der Waals surface area (Å²) in [6.07, 6.45) is 6.98. The molecule has 2 aromatic heterocycles. The number of imidazole rings is 2. The van der Waals surface area contributed by atoms with Gasteiger partial charge in [0.25, 0.3) is 0 Å². The second-order valence-electron chi connectivity index (χ2n) is 5.46. The summed E-state index contributed by atoms with van der Waals surface area (Å²) in [5.74, 6) is 0. The molecule has 0 aromatic carbocycles. The SMILES string of the molecule is Brc1cnc[nH]1.C[Si](C)(C)CCOCn1cnc(Br)c1. The second kappa shape index (κ2) is 8.76. The molecule has 2 aromatic rings. The molecule has 5 nitrogen and oxygen atoms in total. The number of nitrogens with zero attached hydrogens (tertiary/aromatic N) is 3. The first-order valence-corrected chi connectivity index (χ1v) is 11.5. The van der Waals surface area contributed by atoms with Crippen LogP contribution in [0.25, 0.3) is 0 Å². The van der Waals surface area contributed by atoms with Crippen molar-refractivity contribution < 1.29 is 4.74 Å². The molecule has 2 heterocycles. The Labute approximate surface area is 137 Å². The van der Waals surface area contributed by atoms with E-state index in [0.717, 1.165) is 15.8 Å².